The maximum atomic E-state index is 3.90. The molecule has 1 aromatic rings. The van der Waals surface area contributed by atoms with Gasteiger partial charge in [-0.25, -0.2) is 6.07 Å². The van der Waals surface area contributed by atoms with Gasteiger partial charge in [0.15, 0.2) is 0 Å². The third-order valence-corrected chi connectivity index (χ3v) is 1.11. The Morgan fingerprint density at radius 3 is 2.71 bits per heavy atom. The third kappa shape index (κ3) is 2.13. The molecule has 1 rings (SSSR count). The number of nitrogens with zero attached hydrogens (tertiary/aromatic N) is 1. The Morgan fingerprint density at radius 2 is 2.57 bits per heavy atom. The monoisotopic (exact) mass is 105 g/mol. The first-order valence-corrected chi connectivity index (χ1v) is 2.46. The van der Waals surface area contributed by atoms with Crippen molar-refractivity contribution in [1.29, 1.82) is 0 Å². The Kier molecular flexibility index (Phi) is 3.36. The predicted molar refractivity (Wildman–Crippen MR) is 25.7 cm³/mol. The smallest absolute Gasteiger partial charge is 0.313 e. The van der Waals surface area contributed by atoms with Crippen LogP contribution in [-0.2, 0) is 0 Å². The molecule has 0 atom stereocenters. The zero-order chi connectivity index (χ0) is 4.41. The zero-order valence-electron chi connectivity index (χ0n) is 4.43. The molecule has 0 spiro atoms. The molecule has 0 bridgehead atoms. The molecule has 0 unspecified atom stereocenters. The maximum absolute atomic E-state index is 3.90. The van der Waals surface area contributed by atoms with Gasteiger partial charge in [0.05, 0.1) is 0 Å². The maximum Gasteiger partial charge on any atom is 1.00 e. The van der Waals surface area contributed by atoms with Crippen LogP contribution in [-0.4, -0.2) is 4.37 Å². The average molecular weight is 105 g/mol. The molecule has 0 radical (unpaired) electrons. The number of hydrogen-bond acceptors (Lipinski definition) is 2. The molecule has 3 heteroatoms. The molecule has 0 fully saturated rings. The molecule has 0 aliphatic rings. The minimum atomic E-state index is 0. The largest absolute Gasteiger partial charge is 1.00 e. The van der Waals surface area contributed by atoms with Crippen LogP contribution in [0.2, 0.25) is 0 Å². The number of hydrogen-bond donors (Lipinski definition) is 0. The molecule has 1 heterocycles. The van der Waals surface area contributed by atoms with Crippen LogP contribution in [0.3, 0.4) is 0 Å². The van der Waals surface area contributed by atoms with Gasteiger partial charge >= 0.3 is 18.9 Å². The second-order valence-electron chi connectivity index (χ2n) is 1.09. The van der Waals surface area contributed by atoms with E-state index in [0.717, 1.165) is 5.69 Å². The van der Waals surface area contributed by atoms with E-state index in [4.69, 9.17) is 0 Å². The molecule has 1 aromatic heterocycles. The van der Waals surface area contributed by atoms with Crippen molar-refractivity contribution in [1.82, 2.24) is 4.37 Å². The van der Waals surface area contributed by atoms with Gasteiger partial charge in [-0.15, -0.1) is 5.69 Å². The van der Waals surface area contributed by atoms with Gasteiger partial charge in [0.25, 0.3) is 0 Å². The third-order valence-electron chi connectivity index (χ3n) is 0.510. The van der Waals surface area contributed by atoms with Crippen molar-refractivity contribution in [2.75, 3.05) is 0 Å². The Hall–Kier alpha value is 0.227. The molecule has 0 N–H and O–H groups in total. The van der Waals surface area contributed by atoms with Crippen LogP contribution < -0.4 is 18.9 Å². The Morgan fingerprint density at radius 1 is 1.86 bits per heavy atom. The van der Waals surface area contributed by atoms with Crippen molar-refractivity contribution in [2.24, 2.45) is 0 Å². The molecule has 0 amide bonds. The fraction of sp³-hybridized carbons (Fsp3) is 0.250. The summed E-state index contributed by atoms with van der Waals surface area (Å²) in [7, 11) is 0. The van der Waals surface area contributed by atoms with E-state index in [9.17, 15) is 0 Å². The standard InChI is InChI=1S/C4H4NS.Li/c1-4-2-3-6-5-4;/h2H,1H3;/q-1;+1. The fourth-order valence-corrected chi connectivity index (χ4v) is 0.709. The van der Waals surface area contributed by atoms with E-state index in [0.29, 0.717) is 0 Å². The normalized spacial score (nSPS) is 7.57. The summed E-state index contributed by atoms with van der Waals surface area (Å²) < 4.78 is 3.90. The molecule has 1 nitrogen and oxygen atoms in total. The first-order chi connectivity index (χ1) is 2.89. The summed E-state index contributed by atoms with van der Waals surface area (Å²) >= 11 is 1.36. The molecular weight excluding hydrogens is 101 g/mol. The van der Waals surface area contributed by atoms with Crippen molar-refractivity contribution in [3.63, 3.8) is 0 Å². The molecule has 0 aliphatic heterocycles. The van der Waals surface area contributed by atoms with E-state index in [2.05, 4.69) is 9.75 Å². The summed E-state index contributed by atoms with van der Waals surface area (Å²) in [5, 5.41) is 2.86. The Bertz CT molecular complexity index is 115. The van der Waals surface area contributed by atoms with Crippen molar-refractivity contribution < 1.29 is 18.9 Å². The van der Waals surface area contributed by atoms with E-state index >= 15 is 0 Å². The number of rotatable bonds is 0. The first-order valence-electron chi connectivity index (χ1n) is 1.69. The van der Waals surface area contributed by atoms with Gasteiger partial charge in [0, 0.05) is 0 Å². The van der Waals surface area contributed by atoms with Crippen molar-refractivity contribution in [2.45, 2.75) is 6.92 Å². The molecule has 0 aliphatic carbocycles. The van der Waals surface area contributed by atoms with Gasteiger partial charge < -0.3 is 4.37 Å². The molecule has 0 aromatic carbocycles. The second kappa shape index (κ2) is 3.26. The van der Waals surface area contributed by atoms with Crippen LogP contribution in [0.5, 0.6) is 0 Å². The zero-order valence-corrected chi connectivity index (χ0v) is 5.25. The van der Waals surface area contributed by atoms with Crippen LogP contribution in [0.15, 0.2) is 6.07 Å². The summed E-state index contributed by atoms with van der Waals surface area (Å²) in [4.78, 5) is 0. The first kappa shape index (κ1) is 7.23. The summed E-state index contributed by atoms with van der Waals surface area (Å²) in [6.45, 7) is 1.95. The van der Waals surface area contributed by atoms with Crippen LogP contribution in [0, 0.1) is 12.3 Å². The Balaban J connectivity index is 0.000000360. The molecule has 0 saturated carbocycles. The minimum absolute atomic E-state index is 0. The van der Waals surface area contributed by atoms with Gasteiger partial charge in [0.2, 0.25) is 0 Å². The van der Waals surface area contributed by atoms with Crippen molar-refractivity contribution >= 4 is 11.5 Å². The van der Waals surface area contributed by atoms with E-state index in [1.54, 1.807) is 0 Å². The van der Waals surface area contributed by atoms with E-state index in [1.165, 1.54) is 11.5 Å². The van der Waals surface area contributed by atoms with Crippen LogP contribution in [0.4, 0.5) is 0 Å². The summed E-state index contributed by atoms with van der Waals surface area (Å²) in [5.74, 6) is 0. The molecule has 32 valence electrons. The van der Waals surface area contributed by atoms with Gasteiger partial charge in [0.1, 0.15) is 0 Å². The van der Waals surface area contributed by atoms with Crippen LogP contribution >= 0.6 is 11.5 Å². The quantitative estimate of drug-likeness (QED) is 0.282. The summed E-state index contributed by atoms with van der Waals surface area (Å²) in [5.41, 5.74) is 1.06. The van der Waals surface area contributed by atoms with Gasteiger partial charge in [-0.2, -0.15) is 16.9 Å². The number of aromatic nitrogens is 1. The molecular formula is C4H4LiNS. The van der Waals surface area contributed by atoms with E-state index < -0.39 is 0 Å². The summed E-state index contributed by atoms with van der Waals surface area (Å²) in [6, 6.07) is 1.87. The summed E-state index contributed by atoms with van der Waals surface area (Å²) in [6.07, 6.45) is 0. The number of aryl methyl sites for hydroxylation is 1. The molecule has 7 heavy (non-hydrogen) atoms. The van der Waals surface area contributed by atoms with Crippen LogP contribution in [0.25, 0.3) is 0 Å². The van der Waals surface area contributed by atoms with Gasteiger partial charge in [-0.1, -0.05) is 6.92 Å². The van der Waals surface area contributed by atoms with Crippen molar-refractivity contribution in [3.05, 3.63) is 17.1 Å². The van der Waals surface area contributed by atoms with Crippen LogP contribution in [0.1, 0.15) is 5.69 Å². The van der Waals surface area contributed by atoms with Crippen molar-refractivity contribution in [3.8, 4) is 0 Å². The second-order valence-corrected chi connectivity index (χ2v) is 1.69. The van der Waals surface area contributed by atoms with E-state index in [1.807, 2.05) is 13.0 Å². The Labute approximate surface area is 59.1 Å². The SMILES string of the molecule is Cc1c[c-]sn1.[Li+]. The van der Waals surface area contributed by atoms with Gasteiger partial charge in [-0.05, 0) is 0 Å². The molecule has 0 saturated heterocycles. The van der Waals surface area contributed by atoms with Gasteiger partial charge in [-0.3, -0.25) is 0 Å². The average Bonchev–Trinajstić information content (AvgIpc) is 1.86. The topological polar surface area (TPSA) is 12.9 Å². The minimum Gasteiger partial charge on any atom is -0.313 e. The predicted octanol–water partition coefficient (Wildman–Crippen LogP) is -1.74. The van der Waals surface area contributed by atoms with E-state index in [-0.39, 0.29) is 18.9 Å². The fourth-order valence-electron chi connectivity index (χ4n) is 0.236.